The van der Waals surface area contributed by atoms with Crippen LogP contribution in [0.5, 0.6) is 0 Å². The van der Waals surface area contributed by atoms with E-state index in [0.717, 1.165) is 27.4 Å². The minimum Gasteiger partial charge on any atom is -0.355 e. The quantitative estimate of drug-likeness (QED) is 0.339. The molecule has 0 aliphatic carbocycles. The first-order chi connectivity index (χ1) is 14.1. The van der Waals surface area contributed by atoms with Crippen molar-refractivity contribution in [1.82, 2.24) is 20.2 Å². The van der Waals surface area contributed by atoms with Gasteiger partial charge in [-0.15, -0.1) is 11.3 Å². The molecular weight excluding hydrogens is 407 g/mol. The molecule has 1 aliphatic heterocycles. The molecule has 3 heterocycles. The minimum atomic E-state index is -0.274. The number of nitrogens with one attached hydrogen (secondary N) is 1. The number of amides is 1. The number of rotatable bonds is 7. The molecule has 4 rings (SSSR count). The number of hydrogen-bond acceptors (Lipinski definition) is 6. The Hall–Kier alpha value is -1.77. The number of fused-ring (bicyclic) bond motifs is 3. The van der Waals surface area contributed by atoms with E-state index in [4.69, 9.17) is 0 Å². The van der Waals surface area contributed by atoms with Gasteiger partial charge in [0.1, 0.15) is 17.2 Å². The number of piperidine rings is 1. The average Bonchev–Trinajstić information content (AvgIpc) is 3.11. The fraction of sp³-hybridized carbons (Fsp3) is 0.476. The van der Waals surface area contributed by atoms with E-state index in [2.05, 4.69) is 27.1 Å². The zero-order valence-electron chi connectivity index (χ0n) is 16.5. The van der Waals surface area contributed by atoms with E-state index in [9.17, 15) is 9.18 Å². The Kier molecular flexibility index (Phi) is 6.62. The topological polar surface area (TPSA) is 58.1 Å². The Bertz CT molecular complexity index is 1010. The number of halogens is 1. The first kappa shape index (κ1) is 20.5. The van der Waals surface area contributed by atoms with Gasteiger partial charge in [-0.25, -0.2) is 14.4 Å². The van der Waals surface area contributed by atoms with Crippen molar-refractivity contribution < 1.29 is 9.18 Å². The second-order valence-electron chi connectivity index (χ2n) is 7.44. The monoisotopic (exact) mass is 432 g/mol. The maximum absolute atomic E-state index is 14.2. The SMILES string of the molecule is C[C@H]1CCCCN1CCCNC(=O)CSc1ncnc2c1sc1cccc(F)c12. The number of carbonyl (C=O) groups is 1. The van der Waals surface area contributed by atoms with Crippen LogP contribution in [0.4, 0.5) is 4.39 Å². The van der Waals surface area contributed by atoms with Gasteiger partial charge in [-0.3, -0.25) is 4.79 Å². The molecule has 29 heavy (non-hydrogen) atoms. The van der Waals surface area contributed by atoms with Crippen LogP contribution in [0.15, 0.2) is 29.6 Å². The standard InChI is InChI=1S/C21H25FN4OS2/c1-14-6-2-3-10-26(14)11-5-9-23-17(27)12-28-21-20-19(24-13-25-21)18-15(22)7-4-8-16(18)29-20/h4,7-8,13-14H,2-3,5-6,9-12H2,1H3,(H,23,27)/t14-/m0/s1. The van der Waals surface area contributed by atoms with Gasteiger partial charge < -0.3 is 10.2 Å². The Morgan fingerprint density at radius 1 is 1.38 bits per heavy atom. The van der Waals surface area contributed by atoms with Gasteiger partial charge in [0.05, 0.1) is 21.4 Å². The molecule has 0 radical (unpaired) electrons. The van der Waals surface area contributed by atoms with E-state index in [1.54, 1.807) is 6.07 Å². The average molecular weight is 433 g/mol. The van der Waals surface area contributed by atoms with Crippen molar-refractivity contribution in [3.63, 3.8) is 0 Å². The predicted molar refractivity (Wildman–Crippen MR) is 118 cm³/mol. The molecule has 1 fully saturated rings. The third-order valence-electron chi connectivity index (χ3n) is 5.42. The van der Waals surface area contributed by atoms with Crippen LogP contribution in [0.1, 0.15) is 32.6 Å². The summed E-state index contributed by atoms with van der Waals surface area (Å²) in [7, 11) is 0. The molecule has 1 aliphatic rings. The molecule has 1 amide bonds. The first-order valence-corrected chi connectivity index (χ1v) is 11.9. The summed E-state index contributed by atoms with van der Waals surface area (Å²) in [4.78, 5) is 23.4. The summed E-state index contributed by atoms with van der Waals surface area (Å²) in [6.45, 7) is 5.19. The maximum Gasteiger partial charge on any atom is 0.230 e. The van der Waals surface area contributed by atoms with E-state index in [0.29, 0.717) is 29.2 Å². The fourth-order valence-corrected chi connectivity index (χ4v) is 5.92. The highest BCUT2D eigenvalue weighted by molar-refractivity contribution is 8.00. The molecule has 0 saturated carbocycles. The largest absolute Gasteiger partial charge is 0.355 e. The highest BCUT2D eigenvalue weighted by atomic mass is 32.2. The third-order valence-corrected chi connectivity index (χ3v) is 7.69. The summed E-state index contributed by atoms with van der Waals surface area (Å²) in [6.07, 6.45) is 6.30. The maximum atomic E-state index is 14.2. The number of nitrogens with zero attached hydrogens (tertiary/aromatic N) is 3. The second-order valence-corrected chi connectivity index (χ2v) is 9.46. The zero-order valence-corrected chi connectivity index (χ0v) is 18.1. The number of hydrogen-bond donors (Lipinski definition) is 1. The van der Waals surface area contributed by atoms with Crippen LogP contribution in [0.2, 0.25) is 0 Å². The molecular formula is C21H25FN4OS2. The van der Waals surface area contributed by atoms with Crippen molar-refractivity contribution in [2.24, 2.45) is 0 Å². The molecule has 5 nitrogen and oxygen atoms in total. The van der Waals surface area contributed by atoms with E-state index >= 15 is 0 Å². The van der Waals surface area contributed by atoms with Crippen molar-refractivity contribution in [2.75, 3.05) is 25.4 Å². The highest BCUT2D eigenvalue weighted by Gasteiger charge is 2.18. The number of thiophene rings is 1. The van der Waals surface area contributed by atoms with Crippen LogP contribution in [0.25, 0.3) is 20.3 Å². The number of carbonyl (C=O) groups excluding carboxylic acids is 1. The van der Waals surface area contributed by atoms with E-state index in [1.165, 1.54) is 61.3 Å². The fourth-order valence-electron chi connectivity index (χ4n) is 3.84. The summed E-state index contributed by atoms with van der Waals surface area (Å²) < 4.78 is 15.9. The lowest BCUT2D eigenvalue weighted by molar-refractivity contribution is -0.118. The highest BCUT2D eigenvalue weighted by Crippen LogP contribution is 2.38. The lowest BCUT2D eigenvalue weighted by Gasteiger charge is -2.33. The Balaban J connectivity index is 1.31. The molecule has 0 spiro atoms. The summed E-state index contributed by atoms with van der Waals surface area (Å²) in [6, 6.07) is 5.68. The Morgan fingerprint density at radius 3 is 3.14 bits per heavy atom. The number of thioether (sulfide) groups is 1. The van der Waals surface area contributed by atoms with Crippen molar-refractivity contribution in [3.05, 3.63) is 30.3 Å². The lowest BCUT2D eigenvalue weighted by Crippen LogP contribution is -2.39. The Morgan fingerprint density at radius 2 is 2.28 bits per heavy atom. The van der Waals surface area contributed by atoms with E-state index < -0.39 is 0 Å². The molecule has 154 valence electrons. The van der Waals surface area contributed by atoms with Gasteiger partial charge >= 0.3 is 0 Å². The van der Waals surface area contributed by atoms with Gasteiger partial charge in [0.25, 0.3) is 0 Å². The molecule has 8 heteroatoms. The zero-order chi connectivity index (χ0) is 20.2. The van der Waals surface area contributed by atoms with Gasteiger partial charge in [0, 0.05) is 23.8 Å². The summed E-state index contributed by atoms with van der Waals surface area (Å²) in [5.41, 5.74) is 0.622. The van der Waals surface area contributed by atoms with Crippen LogP contribution in [-0.4, -0.2) is 52.2 Å². The summed E-state index contributed by atoms with van der Waals surface area (Å²) >= 11 is 2.85. The van der Waals surface area contributed by atoms with Gasteiger partial charge in [0.2, 0.25) is 5.91 Å². The van der Waals surface area contributed by atoms with Gasteiger partial charge in [-0.05, 0) is 44.9 Å². The van der Waals surface area contributed by atoms with Crippen LogP contribution < -0.4 is 5.32 Å². The smallest absolute Gasteiger partial charge is 0.230 e. The molecule has 1 aromatic carbocycles. The predicted octanol–water partition coefficient (Wildman–Crippen LogP) is 4.46. The van der Waals surface area contributed by atoms with Crippen molar-refractivity contribution >= 4 is 49.3 Å². The molecule has 1 N–H and O–H groups in total. The van der Waals surface area contributed by atoms with Crippen molar-refractivity contribution in [2.45, 2.75) is 43.7 Å². The van der Waals surface area contributed by atoms with E-state index in [-0.39, 0.29) is 11.7 Å². The minimum absolute atomic E-state index is 0.000691. The van der Waals surface area contributed by atoms with Crippen molar-refractivity contribution in [3.8, 4) is 0 Å². The molecule has 1 atom stereocenters. The molecule has 1 saturated heterocycles. The number of aromatic nitrogens is 2. The van der Waals surface area contributed by atoms with Gasteiger partial charge in [-0.2, -0.15) is 0 Å². The second kappa shape index (κ2) is 9.36. The van der Waals surface area contributed by atoms with Crippen LogP contribution in [-0.2, 0) is 4.79 Å². The Labute approximate surface area is 178 Å². The molecule has 3 aromatic rings. The van der Waals surface area contributed by atoms with Gasteiger partial charge in [0.15, 0.2) is 0 Å². The normalized spacial score (nSPS) is 17.8. The third kappa shape index (κ3) is 4.70. The van der Waals surface area contributed by atoms with Gasteiger partial charge in [-0.1, -0.05) is 24.2 Å². The number of benzene rings is 1. The van der Waals surface area contributed by atoms with Crippen LogP contribution in [0.3, 0.4) is 0 Å². The van der Waals surface area contributed by atoms with Crippen LogP contribution in [0, 0.1) is 5.82 Å². The molecule has 0 unspecified atom stereocenters. The summed E-state index contributed by atoms with van der Waals surface area (Å²) in [5.74, 6) is 0.0214. The first-order valence-electron chi connectivity index (χ1n) is 10.1. The molecule has 0 bridgehead atoms. The summed E-state index contributed by atoms with van der Waals surface area (Å²) in [5, 5.41) is 4.27. The molecule has 2 aromatic heterocycles. The van der Waals surface area contributed by atoms with Crippen molar-refractivity contribution in [1.29, 1.82) is 0 Å². The number of likely N-dealkylation sites (tertiary alicyclic amines) is 1. The van der Waals surface area contributed by atoms with E-state index in [1.807, 2.05) is 6.07 Å². The lowest BCUT2D eigenvalue weighted by atomic mass is 10.0. The van der Waals surface area contributed by atoms with Crippen LogP contribution >= 0.6 is 23.1 Å².